The summed E-state index contributed by atoms with van der Waals surface area (Å²) in [5.74, 6) is -3.89. The number of benzene rings is 3. The molecule has 0 aromatic heterocycles. The van der Waals surface area contributed by atoms with E-state index in [9.17, 15) is 9.65 Å². The first-order valence-corrected chi connectivity index (χ1v) is 11.3. The molecule has 1 heterocycles. The number of hydrogen-bond donors (Lipinski definition) is 2. The van der Waals surface area contributed by atoms with E-state index < -0.39 is 17.5 Å². The predicted molar refractivity (Wildman–Crippen MR) is 132 cm³/mol. The van der Waals surface area contributed by atoms with Gasteiger partial charge < -0.3 is 19.8 Å². The van der Waals surface area contributed by atoms with Crippen LogP contribution in [-0.4, -0.2) is 47.7 Å². The third kappa shape index (κ3) is 6.13. The van der Waals surface area contributed by atoms with E-state index in [4.69, 9.17) is 24.5 Å². The molecule has 1 aliphatic rings. The summed E-state index contributed by atoms with van der Waals surface area (Å²) in [6.45, 7) is 1.47. The molecule has 1 unspecified atom stereocenters. The lowest BCUT2D eigenvalue weighted by Crippen LogP contribution is -2.28. The Morgan fingerprint density at radius 2 is 1.69 bits per heavy atom. The van der Waals surface area contributed by atoms with Crippen molar-refractivity contribution < 1.29 is 28.9 Å². The molecule has 4 rings (SSSR count). The third-order valence-corrected chi connectivity index (χ3v) is 5.97. The van der Waals surface area contributed by atoms with E-state index in [2.05, 4.69) is 43.3 Å². The number of fused-ring (bicyclic) bond motifs is 1. The van der Waals surface area contributed by atoms with Crippen molar-refractivity contribution in [1.82, 2.24) is 4.90 Å². The van der Waals surface area contributed by atoms with Crippen LogP contribution in [0.5, 0.6) is 0 Å². The van der Waals surface area contributed by atoms with Crippen molar-refractivity contribution in [2.75, 3.05) is 20.6 Å². The molecule has 0 fully saturated rings. The number of nitriles is 1. The van der Waals surface area contributed by atoms with Crippen molar-refractivity contribution in [3.63, 3.8) is 0 Å². The average molecular weight is 491 g/mol. The minimum absolute atomic E-state index is 0.242. The summed E-state index contributed by atoms with van der Waals surface area (Å²) in [6, 6.07) is 22.9. The maximum atomic E-state index is 13.6. The summed E-state index contributed by atoms with van der Waals surface area (Å²) in [7, 11) is 4.13. The Bertz CT molecular complexity index is 1270. The summed E-state index contributed by atoms with van der Waals surface area (Å²) in [4.78, 5) is 20.4. The van der Waals surface area contributed by atoms with Gasteiger partial charge in [0.2, 0.25) is 0 Å². The fraction of sp³-hybridized carbons (Fsp3) is 0.250. The van der Waals surface area contributed by atoms with Crippen LogP contribution in [0.2, 0.25) is 0 Å². The Morgan fingerprint density at radius 3 is 2.31 bits per heavy atom. The van der Waals surface area contributed by atoms with Crippen LogP contribution in [-0.2, 0) is 26.5 Å². The fourth-order valence-electron chi connectivity index (χ4n) is 4.29. The molecule has 1 aliphatic heterocycles. The Morgan fingerprint density at radius 1 is 1.03 bits per heavy atom. The van der Waals surface area contributed by atoms with Gasteiger partial charge in [0.05, 0.1) is 18.2 Å². The van der Waals surface area contributed by atoms with Gasteiger partial charge in [0.15, 0.2) is 0 Å². The predicted octanol–water partition coefficient (Wildman–Crippen LogP) is 4.64. The van der Waals surface area contributed by atoms with Gasteiger partial charge in [-0.2, -0.15) is 5.26 Å². The quantitative estimate of drug-likeness (QED) is 0.485. The largest absolute Gasteiger partial charge is 0.473 e. The number of hydrogen-bond acceptors (Lipinski definition) is 5. The lowest BCUT2D eigenvalue weighted by Gasteiger charge is -2.31. The fourth-order valence-corrected chi connectivity index (χ4v) is 4.29. The highest BCUT2D eigenvalue weighted by Gasteiger charge is 2.41. The molecule has 0 radical (unpaired) electrons. The molecule has 1 atom stereocenters. The second-order valence-electron chi connectivity index (χ2n) is 8.70. The molecule has 186 valence electrons. The van der Waals surface area contributed by atoms with Gasteiger partial charge in [0.25, 0.3) is 0 Å². The zero-order chi connectivity index (χ0) is 26.3. The van der Waals surface area contributed by atoms with Gasteiger partial charge in [-0.1, -0.05) is 36.4 Å². The van der Waals surface area contributed by atoms with Crippen molar-refractivity contribution in [3.05, 3.63) is 94.8 Å². The Labute approximate surface area is 209 Å². The number of carbonyl (C=O) groups is 2. The summed E-state index contributed by atoms with van der Waals surface area (Å²) in [5.41, 5.74) is 5.44. The molecule has 3 aromatic carbocycles. The van der Waals surface area contributed by atoms with Gasteiger partial charge in [-0.05, 0) is 91.6 Å². The van der Waals surface area contributed by atoms with Crippen LogP contribution in [0.15, 0.2) is 66.7 Å². The zero-order valence-corrected chi connectivity index (χ0v) is 20.1. The molecule has 7 nitrogen and oxygen atoms in total. The Kier molecular flexibility index (Phi) is 8.54. The molecule has 0 saturated heterocycles. The summed E-state index contributed by atoms with van der Waals surface area (Å²) in [5, 5.41) is 24.0. The van der Waals surface area contributed by atoms with E-state index >= 15 is 0 Å². The normalized spacial score (nSPS) is 16.0. The van der Waals surface area contributed by atoms with Gasteiger partial charge >= 0.3 is 11.9 Å². The second kappa shape index (κ2) is 11.6. The van der Waals surface area contributed by atoms with Crippen LogP contribution in [0, 0.1) is 17.1 Å². The number of aliphatic carboxylic acids is 2. The third-order valence-electron chi connectivity index (χ3n) is 5.97. The standard InChI is InChI=1S/C26H25FN2O.C2H2O4/c1-29(2)14-4-13-26(23-8-10-24(27)11-9-23)25-12-7-21(16-22(25)18-30-26)20-6-3-5-19(15-20)17-28;3-1(4)2(5)6/h3,5-12,15-16H,4,13-14,18H2,1-2H3;(H,3,4)(H,5,6). The first kappa shape index (κ1) is 26.5. The molecular weight excluding hydrogens is 463 g/mol. The summed E-state index contributed by atoms with van der Waals surface area (Å²) in [6.07, 6.45) is 1.79. The molecule has 3 aromatic rings. The Hall–Kier alpha value is -4.06. The molecule has 0 aliphatic carbocycles. The Balaban J connectivity index is 0.000000538. The number of halogens is 1. The number of nitrogens with zero attached hydrogens (tertiary/aromatic N) is 2. The van der Waals surface area contributed by atoms with Gasteiger partial charge in [0, 0.05) is 0 Å². The van der Waals surface area contributed by atoms with Crippen LogP contribution in [0.1, 0.15) is 35.1 Å². The van der Waals surface area contributed by atoms with Crippen molar-refractivity contribution in [3.8, 4) is 17.2 Å². The lowest BCUT2D eigenvalue weighted by molar-refractivity contribution is -0.159. The molecule has 0 bridgehead atoms. The summed E-state index contributed by atoms with van der Waals surface area (Å²) >= 11 is 0. The molecular formula is C28H27FN2O5. The first-order valence-electron chi connectivity index (χ1n) is 11.3. The molecule has 0 spiro atoms. The monoisotopic (exact) mass is 490 g/mol. The van der Waals surface area contributed by atoms with Gasteiger partial charge in [-0.25, -0.2) is 14.0 Å². The summed E-state index contributed by atoms with van der Waals surface area (Å²) < 4.78 is 20.0. The SMILES string of the molecule is CN(C)CCCC1(c2ccc(F)cc2)OCc2cc(-c3cccc(C#N)c3)ccc21.O=C(O)C(=O)O. The highest BCUT2D eigenvalue weighted by Crippen LogP contribution is 2.46. The minimum atomic E-state index is -1.82. The van der Waals surface area contributed by atoms with E-state index in [1.807, 2.05) is 36.4 Å². The van der Waals surface area contributed by atoms with Crippen molar-refractivity contribution in [2.45, 2.75) is 25.0 Å². The molecule has 0 amide bonds. The topological polar surface area (TPSA) is 111 Å². The van der Waals surface area contributed by atoms with Crippen molar-refractivity contribution in [2.24, 2.45) is 0 Å². The van der Waals surface area contributed by atoms with Gasteiger partial charge in [-0.15, -0.1) is 0 Å². The van der Waals surface area contributed by atoms with Crippen molar-refractivity contribution >= 4 is 11.9 Å². The van der Waals surface area contributed by atoms with Gasteiger partial charge in [0.1, 0.15) is 11.4 Å². The van der Waals surface area contributed by atoms with Crippen LogP contribution in [0.3, 0.4) is 0 Å². The van der Waals surface area contributed by atoms with Crippen LogP contribution < -0.4 is 0 Å². The second-order valence-corrected chi connectivity index (χ2v) is 8.70. The van der Waals surface area contributed by atoms with Crippen molar-refractivity contribution in [1.29, 1.82) is 5.26 Å². The maximum Gasteiger partial charge on any atom is 0.414 e. The van der Waals surface area contributed by atoms with Crippen LogP contribution >= 0.6 is 0 Å². The smallest absolute Gasteiger partial charge is 0.414 e. The lowest BCUT2D eigenvalue weighted by atomic mass is 9.81. The van der Waals surface area contributed by atoms with Gasteiger partial charge in [-0.3, -0.25) is 0 Å². The highest BCUT2D eigenvalue weighted by atomic mass is 19.1. The minimum Gasteiger partial charge on any atom is -0.473 e. The van der Waals surface area contributed by atoms with E-state index in [1.165, 1.54) is 12.1 Å². The van der Waals surface area contributed by atoms with E-state index in [1.54, 1.807) is 0 Å². The number of ether oxygens (including phenoxy) is 1. The molecule has 8 heteroatoms. The molecule has 36 heavy (non-hydrogen) atoms. The first-order chi connectivity index (χ1) is 17.2. The highest BCUT2D eigenvalue weighted by molar-refractivity contribution is 6.27. The number of carboxylic acids is 2. The molecule has 0 saturated carbocycles. The average Bonchev–Trinajstić information content (AvgIpc) is 3.23. The zero-order valence-electron chi connectivity index (χ0n) is 20.1. The van der Waals surface area contributed by atoms with E-state index in [0.29, 0.717) is 12.2 Å². The van der Waals surface area contributed by atoms with E-state index in [-0.39, 0.29) is 5.82 Å². The van der Waals surface area contributed by atoms with Crippen LogP contribution in [0.4, 0.5) is 4.39 Å². The number of rotatable bonds is 6. The van der Waals surface area contributed by atoms with Crippen LogP contribution in [0.25, 0.3) is 11.1 Å². The number of carboxylic acid groups (broad SMARTS) is 2. The van der Waals surface area contributed by atoms with E-state index in [0.717, 1.165) is 47.2 Å². The maximum absolute atomic E-state index is 13.6. The molecule has 2 N–H and O–H groups in total.